The number of nitriles is 1. The standard InChI is InChI=1S/C13H9N5O4/c14-5-8(9-1-2-16-6-17-9)12(15)7-3-10(18(21)22)13(20)11(19)4-7/h1-4,6,19-20H,15H2/b12-8-. The van der Waals surface area contributed by atoms with Crippen LogP contribution in [-0.4, -0.2) is 25.1 Å². The van der Waals surface area contributed by atoms with Crippen molar-refractivity contribution in [3.05, 3.63) is 52.1 Å². The molecule has 0 aliphatic carbocycles. The van der Waals surface area contributed by atoms with Gasteiger partial charge in [0.15, 0.2) is 5.75 Å². The van der Waals surface area contributed by atoms with Crippen LogP contribution in [0.2, 0.25) is 0 Å². The van der Waals surface area contributed by atoms with E-state index >= 15 is 0 Å². The molecule has 0 atom stereocenters. The first-order valence-electron chi connectivity index (χ1n) is 5.82. The van der Waals surface area contributed by atoms with Crippen molar-refractivity contribution >= 4 is 17.0 Å². The van der Waals surface area contributed by atoms with Gasteiger partial charge >= 0.3 is 5.69 Å². The van der Waals surface area contributed by atoms with Crippen LogP contribution in [0.3, 0.4) is 0 Å². The summed E-state index contributed by atoms with van der Waals surface area (Å²) in [5, 5.41) is 39.1. The van der Waals surface area contributed by atoms with Crippen LogP contribution in [0.5, 0.6) is 11.5 Å². The number of aromatic hydroxyl groups is 2. The van der Waals surface area contributed by atoms with E-state index in [0.29, 0.717) is 0 Å². The van der Waals surface area contributed by atoms with E-state index in [1.54, 1.807) is 0 Å². The number of nitro groups is 1. The molecule has 0 unspecified atom stereocenters. The number of nitrogens with two attached hydrogens (primary N) is 1. The Hall–Kier alpha value is -3.67. The fraction of sp³-hybridized carbons (Fsp3) is 0. The molecule has 0 aliphatic rings. The van der Waals surface area contributed by atoms with Crippen molar-refractivity contribution in [1.82, 2.24) is 9.97 Å². The average molecular weight is 299 g/mol. The predicted molar refractivity (Wildman–Crippen MR) is 75.1 cm³/mol. The Labute approximate surface area is 123 Å². The van der Waals surface area contributed by atoms with Crippen LogP contribution >= 0.6 is 0 Å². The summed E-state index contributed by atoms with van der Waals surface area (Å²) in [6.45, 7) is 0. The van der Waals surface area contributed by atoms with Crippen molar-refractivity contribution in [2.24, 2.45) is 5.73 Å². The zero-order chi connectivity index (χ0) is 16.3. The molecular weight excluding hydrogens is 290 g/mol. The topological polar surface area (TPSA) is 159 Å². The van der Waals surface area contributed by atoms with Crippen LogP contribution in [0, 0.1) is 21.4 Å². The minimum absolute atomic E-state index is 0.0113. The lowest BCUT2D eigenvalue weighted by Gasteiger charge is -2.07. The van der Waals surface area contributed by atoms with Crippen molar-refractivity contribution in [3.8, 4) is 17.6 Å². The highest BCUT2D eigenvalue weighted by atomic mass is 16.6. The van der Waals surface area contributed by atoms with E-state index in [1.165, 1.54) is 18.6 Å². The minimum atomic E-state index is -0.873. The number of phenolic OH excluding ortho intramolecular Hbond substituents is 2. The third-order valence-corrected chi connectivity index (χ3v) is 2.80. The third kappa shape index (κ3) is 2.61. The van der Waals surface area contributed by atoms with Crippen LogP contribution in [-0.2, 0) is 0 Å². The lowest BCUT2D eigenvalue weighted by molar-refractivity contribution is -0.386. The van der Waals surface area contributed by atoms with E-state index in [2.05, 4.69) is 9.97 Å². The number of aromatic nitrogens is 2. The van der Waals surface area contributed by atoms with Gasteiger partial charge in [0, 0.05) is 17.8 Å². The first-order valence-corrected chi connectivity index (χ1v) is 5.82. The predicted octanol–water partition coefficient (Wildman–Crippen LogP) is 1.15. The maximum absolute atomic E-state index is 10.9. The number of nitro benzene ring substituents is 1. The summed E-state index contributed by atoms with van der Waals surface area (Å²) >= 11 is 0. The number of phenols is 2. The Morgan fingerprint density at radius 1 is 1.41 bits per heavy atom. The lowest BCUT2D eigenvalue weighted by Crippen LogP contribution is -2.03. The maximum Gasteiger partial charge on any atom is 0.315 e. The van der Waals surface area contributed by atoms with Crippen LogP contribution in [0.15, 0.2) is 30.7 Å². The largest absolute Gasteiger partial charge is 0.504 e. The van der Waals surface area contributed by atoms with Gasteiger partial charge in [-0.25, -0.2) is 9.97 Å². The second-order valence-electron chi connectivity index (χ2n) is 4.12. The minimum Gasteiger partial charge on any atom is -0.504 e. The van der Waals surface area contributed by atoms with Crippen LogP contribution in [0.25, 0.3) is 11.3 Å². The summed E-state index contributed by atoms with van der Waals surface area (Å²) in [6, 6.07) is 5.28. The molecule has 0 radical (unpaired) electrons. The number of benzene rings is 1. The molecule has 2 rings (SSSR count). The molecule has 0 spiro atoms. The quantitative estimate of drug-likeness (QED) is 0.329. The van der Waals surface area contributed by atoms with Crippen molar-refractivity contribution in [2.45, 2.75) is 0 Å². The van der Waals surface area contributed by atoms with Gasteiger partial charge in [-0.3, -0.25) is 10.1 Å². The van der Waals surface area contributed by atoms with Gasteiger partial charge in [0.1, 0.15) is 18.0 Å². The number of hydrogen-bond acceptors (Lipinski definition) is 8. The van der Waals surface area contributed by atoms with Gasteiger partial charge in [-0.1, -0.05) is 0 Å². The molecular formula is C13H9N5O4. The third-order valence-electron chi connectivity index (χ3n) is 2.80. The van der Waals surface area contributed by atoms with Gasteiger partial charge in [0.05, 0.1) is 16.3 Å². The molecule has 2 aromatic rings. The highest BCUT2D eigenvalue weighted by molar-refractivity contribution is 5.95. The van der Waals surface area contributed by atoms with Crippen molar-refractivity contribution in [2.75, 3.05) is 0 Å². The number of allylic oxidation sites excluding steroid dienone is 1. The monoisotopic (exact) mass is 299 g/mol. The molecule has 0 saturated heterocycles. The summed E-state index contributed by atoms with van der Waals surface area (Å²) in [6.07, 6.45) is 2.63. The Bertz CT molecular complexity index is 811. The van der Waals surface area contributed by atoms with Gasteiger partial charge in [0.2, 0.25) is 5.75 Å². The molecule has 1 aromatic heterocycles. The van der Waals surface area contributed by atoms with Gasteiger partial charge in [-0.2, -0.15) is 5.26 Å². The van der Waals surface area contributed by atoms with Gasteiger partial charge < -0.3 is 15.9 Å². The van der Waals surface area contributed by atoms with E-state index in [1.807, 2.05) is 6.07 Å². The second-order valence-corrected chi connectivity index (χ2v) is 4.12. The maximum atomic E-state index is 10.9. The average Bonchev–Trinajstić information content (AvgIpc) is 2.51. The molecule has 0 amide bonds. The molecule has 0 fully saturated rings. The zero-order valence-corrected chi connectivity index (χ0v) is 11.0. The van der Waals surface area contributed by atoms with E-state index in [0.717, 1.165) is 12.1 Å². The SMILES string of the molecule is N#C/C(=C(/N)c1cc(O)c(O)c([N+](=O)[O-])c1)c1ccncn1. The molecule has 4 N–H and O–H groups in total. The highest BCUT2D eigenvalue weighted by Crippen LogP contribution is 2.38. The lowest BCUT2D eigenvalue weighted by atomic mass is 10.0. The Balaban J connectivity index is 2.67. The normalized spacial score (nSPS) is 11.4. The number of rotatable bonds is 3. The van der Waals surface area contributed by atoms with Crippen LogP contribution < -0.4 is 5.73 Å². The molecule has 0 aliphatic heterocycles. The second kappa shape index (κ2) is 5.76. The molecule has 110 valence electrons. The van der Waals surface area contributed by atoms with Crippen molar-refractivity contribution in [3.63, 3.8) is 0 Å². The van der Waals surface area contributed by atoms with E-state index in [-0.39, 0.29) is 22.5 Å². The Kier molecular flexibility index (Phi) is 3.86. The Morgan fingerprint density at radius 2 is 2.14 bits per heavy atom. The first kappa shape index (κ1) is 14.7. The number of hydrogen-bond donors (Lipinski definition) is 3. The molecule has 0 bridgehead atoms. The summed E-state index contributed by atoms with van der Waals surface area (Å²) in [4.78, 5) is 17.6. The summed E-state index contributed by atoms with van der Waals surface area (Å²) < 4.78 is 0. The molecule has 9 nitrogen and oxygen atoms in total. The first-order chi connectivity index (χ1) is 10.5. The van der Waals surface area contributed by atoms with E-state index < -0.39 is 22.1 Å². The van der Waals surface area contributed by atoms with Gasteiger partial charge in [-0.15, -0.1) is 0 Å². The summed E-state index contributed by atoms with van der Waals surface area (Å²) in [5.74, 6) is -1.59. The van der Waals surface area contributed by atoms with Crippen molar-refractivity contribution < 1.29 is 15.1 Å². The van der Waals surface area contributed by atoms with E-state index in [9.17, 15) is 25.6 Å². The smallest absolute Gasteiger partial charge is 0.315 e. The van der Waals surface area contributed by atoms with Crippen molar-refractivity contribution in [1.29, 1.82) is 5.26 Å². The Morgan fingerprint density at radius 3 is 2.68 bits per heavy atom. The van der Waals surface area contributed by atoms with E-state index in [4.69, 9.17) is 5.73 Å². The summed E-state index contributed by atoms with van der Waals surface area (Å²) in [7, 11) is 0. The summed E-state index contributed by atoms with van der Waals surface area (Å²) in [5.41, 5.74) is 5.20. The fourth-order valence-electron chi connectivity index (χ4n) is 1.74. The molecule has 1 aromatic carbocycles. The van der Waals surface area contributed by atoms with Gasteiger partial charge in [-0.05, 0) is 12.1 Å². The fourth-order valence-corrected chi connectivity index (χ4v) is 1.74. The van der Waals surface area contributed by atoms with Crippen LogP contribution in [0.4, 0.5) is 5.69 Å². The highest BCUT2D eigenvalue weighted by Gasteiger charge is 2.21. The molecule has 1 heterocycles. The number of nitrogens with zero attached hydrogens (tertiary/aromatic N) is 4. The molecule has 22 heavy (non-hydrogen) atoms. The van der Waals surface area contributed by atoms with Crippen LogP contribution in [0.1, 0.15) is 11.3 Å². The molecule has 0 saturated carbocycles. The van der Waals surface area contributed by atoms with Gasteiger partial charge in [0.25, 0.3) is 0 Å². The zero-order valence-electron chi connectivity index (χ0n) is 11.0. The molecule has 9 heteroatoms.